The zero-order valence-corrected chi connectivity index (χ0v) is 18.5. The molecular weight excluding hydrogens is 394 g/mol. The normalized spacial score (nSPS) is 12.8. The van der Waals surface area contributed by atoms with Crippen molar-refractivity contribution in [1.82, 2.24) is 10.3 Å². The van der Waals surface area contributed by atoms with Gasteiger partial charge in [-0.15, -0.1) is 0 Å². The number of rotatable bonds is 9. The van der Waals surface area contributed by atoms with Crippen molar-refractivity contribution >= 4 is 23.4 Å². The second kappa shape index (κ2) is 11.3. The van der Waals surface area contributed by atoms with Gasteiger partial charge in [0.25, 0.3) is 0 Å². The zero-order valence-electron chi connectivity index (χ0n) is 18.5. The van der Waals surface area contributed by atoms with E-state index in [2.05, 4.69) is 63.7 Å². The second-order valence-corrected chi connectivity index (χ2v) is 8.23. The van der Waals surface area contributed by atoms with E-state index < -0.39 is 0 Å². The molecule has 0 aliphatic carbocycles. The molecule has 0 unspecified atom stereocenters. The third-order valence-electron chi connectivity index (χ3n) is 5.95. The van der Waals surface area contributed by atoms with Crippen LogP contribution in [0.3, 0.4) is 0 Å². The van der Waals surface area contributed by atoms with Crippen LogP contribution in [0, 0.1) is 0 Å². The fourth-order valence-corrected chi connectivity index (χ4v) is 4.28. The van der Waals surface area contributed by atoms with E-state index in [0.29, 0.717) is 6.54 Å². The van der Waals surface area contributed by atoms with Crippen LogP contribution in [0.1, 0.15) is 42.4 Å². The average molecular weight is 426 g/mol. The zero-order chi connectivity index (χ0) is 22.0. The van der Waals surface area contributed by atoms with Gasteiger partial charge >= 0.3 is 0 Å². The number of para-hydroxylation sites is 2. The summed E-state index contributed by atoms with van der Waals surface area (Å²) in [5.41, 5.74) is 6.51. The van der Waals surface area contributed by atoms with Gasteiger partial charge in [0, 0.05) is 42.9 Å². The molecule has 0 bridgehead atoms. The lowest BCUT2D eigenvalue weighted by atomic mass is 10.0. The predicted molar refractivity (Wildman–Crippen MR) is 132 cm³/mol. The Morgan fingerprint density at radius 1 is 0.875 bits per heavy atom. The monoisotopic (exact) mass is 425 g/mol. The lowest BCUT2D eigenvalue weighted by Gasteiger charge is -2.27. The first-order valence-corrected chi connectivity index (χ1v) is 11.6. The van der Waals surface area contributed by atoms with E-state index in [4.69, 9.17) is 0 Å². The maximum Gasteiger partial charge on any atom is 0.243 e. The summed E-state index contributed by atoms with van der Waals surface area (Å²) in [6.45, 7) is 1.74. The average Bonchev–Trinajstić information content (AvgIpc) is 3.00. The molecule has 0 radical (unpaired) electrons. The van der Waals surface area contributed by atoms with Crippen molar-refractivity contribution in [2.24, 2.45) is 0 Å². The summed E-state index contributed by atoms with van der Waals surface area (Å²) in [5.74, 6) is -0.0494. The number of carbonyl (C=O) groups is 1. The smallest absolute Gasteiger partial charge is 0.243 e. The van der Waals surface area contributed by atoms with Crippen LogP contribution in [-0.2, 0) is 17.6 Å². The van der Waals surface area contributed by atoms with Crippen molar-refractivity contribution in [1.29, 1.82) is 0 Å². The van der Waals surface area contributed by atoms with Gasteiger partial charge in [-0.1, -0.05) is 55.3 Å². The van der Waals surface area contributed by atoms with Crippen molar-refractivity contribution in [3.8, 4) is 0 Å². The first-order chi connectivity index (χ1) is 15.8. The molecule has 0 fully saturated rings. The summed E-state index contributed by atoms with van der Waals surface area (Å²) in [7, 11) is 0. The maximum absolute atomic E-state index is 12.0. The largest absolute Gasteiger partial charge is 0.353 e. The van der Waals surface area contributed by atoms with E-state index in [1.807, 2.05) is 12.1 Å². The van der Waals surface area contributed by atoms with Gasteiger partial charge in [0.15, 0.2) is 0 Å². The number of pyridine rings is 1. The van der Waals surface area contributed by atoms with Crippen LogP contribution >= 0.6 is 0 Å². The molecule has 1 aliphatic rings. The first-order valence-electron chi connectivity index (χ1n) is 11.6. The molecule has 0 saturated carbocycles. The van der Waals surface area contributed by atoms with Crippen molar-refractivity contribution < 1.29 is 4.79 Å². The van der Waals surface area contributed by atoms with E-state index in [-0.39, 0.29) is 5.91 Å². The van der Waals surface area contributed by atoms with E-state index in [1.165, 1.54) is 22.5 Å². The summed E-state index contributed by atoms with van der Waals surface area (Å²) < 4.78 is 0. The van der Waals surface area contributed by atoms with Crippen molar-refractivity contribution in [3.05, 3.63) is 95.8 Å². The molecule has 0 spiro atoms. The summed E-state index contributed by atoms with van der Waals surface area (Å²) >= 11 is 0. The number of carbonyl (C=O) groups excluding carboxylic acids is 1. The molecule has 0 atom stereocenters. The van der Waals surface area contributed by atoms with Crippen molar-refractivity contribution in [3.63, 3.8) is 0 Å². The van der Waals surface area contributed by atoms with Crippen LogP contribution in [0.2, 0.25) is 0 Å². The van der Waals surface area contributed by atoms with Crippen LogP contribution in [0.25, 0.3) is 6.08 Å². The summed E-state index contributed by atoms with van der Waals surface area (Å²) in [4.78, 5) is 18.5. The molecule has 4 nitrogen and oxygen atoms in total. The van der Waals surface area contributed by atoms with Gasteiger partial charge in [-0.05, 0) is 66.6 Å². The highest BCUT2D eigenvalue weighted by atomic mass is 16.1. The fraction of sp³-hybridized carbons (Fsp3) is 0.286. The van der Waals surface area contributed by atoms with Gasteiger partial charge in [-0.2, -0.15) is 0 Å². The summed E-state index contributed by atoms with van der Waals surface area (Å²) in [6.07, 6.45) is 13.4. The van der Waals surface area contributed by atoms with Crippen LogP contribution in [0.5, 0.6) is 0 Å². The minimum absolute atomic E-state index is 0.0494. The Kier molecular flexibility index (Phi) is 7.69. The number of benzene rings is 2. The van der Waals surface area contributed by atoms with Crippen LogP contribution in [0.15, 0.2) is 79.1 Å². The van der Waals surface area contributed by atoms with Crippen molar-refractivity contribution in [2.45, 2.75) is 38.5 Å². The van der Waals surface area contributed by atoms with Gasteiger partial charge in [0.1, 0.15) is 0 Å². The first kappa shape index (κ1) is 21.8. The minimum atomic E-state index is -0.0494. The molecule has 2 aromatic carbocycles. The summed E-state index contributed by atoms with van der Waals surface area (Å²) in [6, 6.07) is 21.4. The number of aromatic nitrogens is 1. The Bertz CT molecular complexity index is 998. The Morgan fingerprint density at radius 2 is 1.56 bits per heavy atom. The molecule has 4 rings (SSSR count). The molecule has 2 heterocycles. The highest BCUT2D eigenvalue weighted by Gasteiger charge is 2.19. The van der Waals surface area contributed by atoms with E-state index in [1.54, 1.807) is 24.5 Å². The van der Waals surface area contributed by atoms with Crippen LogP contribution < -0.4 is 10.2 Å². The molecular formula is C28H31N3O. The lowest BCUT2D eigenvalue weighted by molar-refractivity contribution is -0.116. The highest BCUT2D eigenvalue weighted by molar-refractivity contribution is 5.91. The Balaban J connectivity index is 1.21. The second-order valence-electron chi connectivity index (χ2n) is 8.23. The van der Waals surface area contributed by atoms with Gasteiger partial charge in [-0.3, -0.25) is 9.78 Å². The number of aryl methyl sites for hydroxylation is 2. The minimum Gasteiger partial charge on any atom is -0.353 e. The quantitative estimate of drug-likeness (QED) is 0.353. The SMILES string of the molecule is O=C(/C=C/c1cccnc1)NCCCCCCN1c2ccccc2CCc2ccccc21. The molecule has 1 aliphatic heterocycles. The molecule has 3 aromatic rings. The predicted octanol–water partition coefficient (Wildman–Crippen LogP) is 5.71. The highest BCUT2D eigenvalue weighted by Crippen LogP contribution is 2.36. The van der Waals surface area contributed by atoms with Gasteiger partial charge in [0.2, 0.25) is 5.91 Å². The van der Waals surface area contributed by atoms with Gasteiger partial charge in [0.05, 0.1) is 0 Å². The van der Waals surface area contributed by atoms with E-state index >= 15 is 0 Å². The lowest BCUT2D eigenvalue weighted by Crippen LogP contribution is -2.22. The standard InChI is InChI=1S/C28H31N3O/c32-28(18-15-23-10-9-19-29-22-23)30-20-7-1-2-8-21-31-26-13-5-3-11-24(26)16-17-25-12-4-6-14-27(25)31/h3-6,9-15,18-19,22H,1-2,7-8,16-17,20-21H2,(H,30,32)/b18-15+. The number of unbranched alkanes of at least 4 members (excludes halogenated alkanes) is 3. The summed E-state index contributed by atoms with van der Waals surface area (Å²) in [5, 5.41) is 2.97. The van der Waals surface area contributed by atoms with E-state index in [0.717, 1.165) is 50.6 Å². The number of nitrogens with one attached hydrogen (secondary N) is 1. The van der Waals surface area contributed by atoms with Crippen LogP contribution in [0.4, 0.5) is 11.4 Å². The number of anilines is 2. The van der Waals surface area contributed by atoms with Crippen molar-refractivity contribution in [2.75, 3.05) is 18.0 Å². The molecule has 4 heteroatoms. The number of amides is 1. The third-order valence-corrected chi connectivity index (χ3v) is 5.95. The van der Waals surface area contributed by atoms with E-state index in [9.17, 15) is 4.79 Å². The third kappa shape index (κ3) is 5.85. The molecule has 1 N–H and O–H groups in total. The Labute approximate surface area is 191 Å². The molecule has 0 saturated heterocycles. The number of nitrogens with zero attached hydrogens (tertiary/aromatic N) is 2. The van der Waals surface area contributed by atoms with Gasteiger partial charge < -0.3 is 10.2 Å². The molecule has 164 valence electrons. The molecule has 1 aromatic heterocycles. The van der Waals surface area contributed by atoms with Gasteiger partial charge in [-0.25, -0.2) is 0 Å². The number of fused-ring (bicyclic) bond motifs is 2. The Morgan fingerprint density at radius 3 is 2.25 bits per heavy atom. The molecule has 32 heavy (non-hydrogen) atoms. The Hall–Kier alpha value is -3.40. The topological polar surface area (TPSA) is 45.2 Å². The number of hydrogen-bond acceptors (Lipinski definition) is 3. The maximum atomic E-state index is 12.0. The molecule has 1 amide bonds. The fourth-order valence-electron chi connectivity index (χ4n) is 4.28. The number of hydrogen-bond donors (Lipinski definition) is 1. The van der Waals surface area contributed by atoms with Crippen LogP contribution in [-0.4, -0.2) is 24.0 Å².